The Morgan fingerprint density at radius 1 is 1.09 bits per heavy atom. The third-order valence-electron chi connectivity index (χ3n) is 2.29. The molecule has 1 aromatic rings. The number of hydrogen-bond donors (Lipinski definition) is 0. The lowest BCUT2D eigenvalue weighted by Gasteiger charge is -2.18. The normalized spacial score (nSPS) is 12.9. The molecule has 0 saturated heterocycles. The molecule has 0 spiro atoms. The van der Waals surface area contributed by atoms with E-state index in [4.69, 9.17) is 4.43 Å². The van der Waals surface area contributed by atoms with Gasteiger partial charge in [-0.25, -0.2) is 4.79 Å². The molecule has 0 aromatic heterocycles. The highest BCUT2D eigenvalue weighted by molar-refractivity contribution is 8.13. The molecule has 3 nitrogen and oxygen atoms in total. The summed E-state index contributed by atoms with van der Waals surface area (Å²) in [6.45, 7) is 5.24. The average Bonchev–Trinajstić information content (AvgIpc) is 2.35. The van der Waals surface area contributed by atoms with Crippen LogP contribution in [0, 0.1) is 0 Å². The number of thioether (sulfide) groups is 1. The molecule has 0 radical (unpaired) electrons. The fourth-order valence-electron chi connectivity index (χ4n) is 1.31. The summed E-state index contributed by atoms with van der Waals surface area (Å²) in [6.07, 6.45) is -5.97. The summed E-state index contributed by atoms with van der Waals surface area (Å²) in [5.41, 5.74) is -0.0273. The predicted octanol–water partition coefficient (Wildman–Crippen LogP) is 4.49. The third kappa shape index (κ3) is 5.31. The van der Waals surface area contributed by atoms with Gasteiger partial charge in [-0.05, 0) is 49.6 Å². The molecule has 0 aliphatic heterocycles. The van der Waals surface area contributed by atoms with E-state index >= 15 is 0 Å². The van der Waals surface area contributed by atoms with E-state index in [-0.39, 0.29) is 22.2 Å². The minimum atomic E-state index is -5.97. The maximum Gasteiger partial charge on any atom is 0.462 e. The molecule has 0 atom stereocenters. The molecule has 0 N–H and O–H groups in total. The second-order valence-corrected chi connectivity index (χ2v) is 11.0. The van der Waals surface area contributed by atoms with Crippen LogP contribution in [0.15, 0.2) is 29.2 Å². The first-order chi connectivity index (χ1) is 10.2. The number of benzene rings is 1. The Labute approximate surface area is 134 Å². The zero-order valence-electron chi connectivity index (χ0n) is 12.3. The Morgan fingerprint density at radius 2 is 1.65 bits per heavy atom. The number of rotatable bonds is 4. The Kier molecular flexibility index (Phi) is 5.63. The first-order valence-corrected chi connectivity index (χ1v) is 10.5. The van der Waals surface area contributed by atoms with Crippen molar-refractivity contribution in [2.45, 2.75) is 36.6 Å². The van der Waals surface area contributed by atoms with Crippen LogP contribution in [0.1, 0.15) is 10.4 Å². The minimum Gasteiger partial charge on any atom is -0.516 e. The van der Waals surface area contributed by atoms with E-state index in [1.807, 2.05) is 0 Å². The quantitative estimate of drug-likeness (QED) is 0.444. The molecule has 10 heteroatoms. The van der Waals surface area contributed by atoms with Crippen LogP contribution in [0.2, 0.25) is 19.6 Å². The van der Waals surface area contributed by atoms with Crippen LogP contribution in [0.4, 0.5) is 22.0 Å². The van der Waals surface area contributed by atoms with Crippen molar-refractivity contribution in [3.63, 3.8) is 0 Å². The van der Waals surface area contributed by atoms with Gasteiger partial charge in [-0.15, -0.1) is 0 Å². The van der Waals surface area contributed by atoms with E-state index in [9.17, 15) is 31.5 Å². The lowest BCUT2D eigenvalue weighted by Crippen LogP contribution is -2.42. The van der Waals surface area contributed by atoms with Gasteiger partial charge in [-0.2, -0.15) is 22.0 Å². The van der Waals surface area contributed by atoms with Crippen molar-refractivity contribution >= 4 is 31.2 Å². The number of halogens is 5. The van der Waals surface area contributed by atoms with Crippen molar-refractivity contribution in [2.75, 3.05) is 0 Å². The van der Waals surface area contributed by atoms with Crippen molar-refractivity contribution in [3.05, 3.63) is 29.8 Å². The van der Waals surface area contributed by atoms with Crippen LogP contribution in [-0.4, -0.2) is 31.5 Å². The second kappa shape index (κ2) is 6.60. The third-order valence-corrected chi connectivity index (χ3v) is 4.02. The Balaban J connectivity index is 2.94. The highest BCUT2D eigenvalue weighted by Gasteiger charge is 2.63. The molecule has 0 unspecified atom stereocenters. The molecule has 0 amide bonds. The largest absolute Gasteiger partial charge is 0.516 e. The highest BCUT2D eigenvalue weighted by Crippen LogP contribution is 2.40. The van der Waals surface area contributed by atoms with Gasteiger partial charge in [0.25, 0.3) is 5.12 Å². The zero-order chi connectivity index (χ0) is 18.1. The molecule has 0 aliphatic rings. The van der Waals surface area contributed by atoms with E-state index in [0.717, 1.165) is 12.1 Å². The average molecular weight is 372 g/mol. The van der Waals surface area contributed by atoms with E-state index < -0.39 is 31.5 Å². The maximum atomic E-state index is 12.9. The summed E-state index contributed by atoms with van der Waals surface area (Å²) in [4.78, 5) is 22.8. The number of carbonyl (C=O) groups is 2. The summed E-state index contributed by atoms with van der Waals surface area (Å²) in [6, 6.07) is 4.78. The summed E-state index contributed by atoms with van der Waals surface area (Å²) in [5.74, 6) is -6.19. The Morgan fingerprint density at radius 3 is 2.13 bits per heavy atom. The zero-order valence-corrected chi connectivity index (χ0v) is 14.1. The van der Waals surface area contributed by atoms with Crippen molar-refractivity contribution in [2.24, 2.45) is 0 Å². The first kappa shape index (κ1) is 19.6. The first-order valence-electron chi connectivity index (χ1n) is 6.24. The number of alkyl halides is 5. The molecule has 1 rings (SSSR count). The Bertz CT molecular complexity index is 610. The summed E-state index contributed by atoms with van der Waals surface area (Å²) >= 11 is -0.278. The number of hydrogen-bond acceptors (Lipinski definition) is 4. The van der Waals surface area contributed by atoms with E-state index in [0.29, 0.717) is 0 Å². The van der Waals surface area contributed by atoms with Gasteiger partial charge >= 0.3 is 18.1 Å². The topological polar surface area (TPSA) is 43.4 Å². The van der Waals surface area contributed by atoms with Crippen LogP contribution in [0.3, 0.4) is 0 Å². The monoisotopic (exact) mass is 372 g/mol. The predicted molar refractivity (Wildman–Crippen MR) is 77.1 cm³/mol. The van der Waals surface area contributed by atoms with E-state index in [2.05, 4.69) is 0 Å². The van der Waals surface area contributed by atoms with Gasteiger partial charge in [0.15, 0.2) is 0 Å². The van der Waals surface area contributed by atoms with Crippen molar-refractivity contribution in [3.8, 4) is 0 Å². The highest BCUT2D eigenvalue weighted by atomic mass is 32.2. The van der Waals surface area contributed by atoms with Gasteiger partial charge in [0.1, 0.15) is 0 Å². The van der Waals surface area contributed by atoms with Gasteiger partial charge in [-0.3, -0.25) is 4.79 Å². The summed E-state index contributed by atoms with van der Waals surface area (Å²) in [5, 5.41) is -2.36. The molecular formula is C13H13F5O3SSi. The lowest BCUT2D eigenvalue weighted by molar-refractivity contribution is -0.264. The van der Waals surface area contributed by atoms with Crippen molar-refractivity contribution < 1.29 is 36.0 Å². The van der Waals surface area contributed by atoms with Crippen LogP contribution in [-0.2, 0) is 9.22 Å². The fraction of sp³-hybridized carbons (Fsp3) is 0.385. The SMILES string of the molecule is C[Si](C)(C)OC(=O)c1cccc(SC(=O)C(F)(F)C(F)(F)F)c1. The van der Waals surface area contributed by atoms with Gasteiger partial charge < -0.3 is 4.43 Å². The number of carbonyl (C=O) groups excluding carboxylic acids is 2. The van der Waals surface area contributed by atoms with Crippen LogP contribution >= 0.6 is 11.8 Å². The van der Waals surface area contributed by atoms with Crippen LogP contribution < -0.4 is 0 Å². The fourth-order valence-corrected chi connectivity index (χ4v) is 2.77. The maximum absolute atomic E-state index is 12.9. The molecule has 0 bridgehead atoms. The van der Waals surface area contributed by atoms with Crippen LogP contribution in [0.5, 0.6) is 0 Å². The van der Waals surface area contributed by atoms with E-state index in [1.165, 1.54) is 12.1 Å². The van der Waals surface area contributed by atoms with Gasteiger partial charge in [-0.1, -0.05) is 6.07 Å². The second-order valence-electron chi connectivity index (χ2n) is 5.49. The van der Waals surface area contributed by atoms with Gasteiger partial charge in [0.2, 0.25) is 8.32 Å². The molecule has 23 heavy (non-hydrogen) atoms. The molecule has 0 fully saturated rings. The standard InChI is InChI=1S/C13H13F5O3SSi/c1-23(2,3)21-10(19)8-5-4-6-9(7-8)22-11(20)12(14,15)13(16,17)18/h4-7H,1-3H3. The van der Waals surface area contributed by atoms with Gasteiger partial charge in [0, 0.05) is 4.90 Å². The van der Waals surface area contributed by atoms with Crippen molar-refractivity contribution in [1.82, 2.24) is 0 Å². The van der Waals surface area contributed by atoms with E-state index in [1.54, 1.807) is 19.6 Å². The van der Waals surface area contributed by atoms with Crippen LogP contribution in [0.25, 0.3) is 0 Å². The Hall–Kier alpha value is -1.42. The molecule has 0 aliphatic carbocycles. The minimum absolute atomic E-state index is 0.0273. The molecule has 128 valence electrons. The van der Waals surface area contributed by atoms with Gasteiger partial charge in [0.05, 0.1) is 5.56 Å². The molecule has 0 heterocycles. The molecule has 0 saturated carbocycles. The molecule has 1 aromatic carbocycles. The van der Waals surface area contributed by atoms with Crippen molar-refractivity contribution in [1.29, 1.82) is 0 Å². The molecular weight excluding hydrogens is 359 g/mol. The smallest absolute Gasteiger partial charge is 0.462 e. The lowest BCUT2D eigenvalue weighted by atomic mass is 10.2. The summed E-state index contributed by atoms with van der Waals surface area (Å²) in [7, 11) is -2.20. The summed E-state index contributed by atoms with van der Waals surface area (Å²) < 4.78 is 67.4.